The van der Waals surface area contributed by atoms with Gasteiger partial charge in [-0.2, -0.15) is 0 Å². The molecule has 0 N–H and O–H groups in total. The SMILES string of the molecule is O=C(c1ccc(F)cc1Cl)N1C[C@H]2CC[C@@H]1CN(c1cnccn1)C2. The van der Waals surface area contributed by atoms with Gasteiger partial charge in [0.1, 0.15) is 11.6 Å². The Morgan fingerprint density at radius 1 is 1.20 bits per heavy atom. The highest BCUT2D eigenvalue weighted by molar-refractivity contribution is 6.33. The molecule has 0 saturated carbocycles. The normalized spacial score (nSPS) is 22.8. The summed E-state index contributed by atoms with van der Waals surface area (Å²) in [5, 5.41) is 0.163. The van der Waals surface area contributed by atoms with Crippen LogP contribution in [0.3, 0.4) is 0 Å². The van der Waals surface area contributed by atoms with Crippen molar-refractivity contribution in [3.63, 3.8) is 0 Å². The molecule has 25 heavy (non-hydrogen) atoms. The number of benzene rings is 1. The van der Waals surface area contributed by atoms with Crippen molar-refractivity contribution >= 4 is 23.3 Å². The molecule has 1 amide bonds. The van der Waals surface area contributed by atoms with Gasteiger partial charge < -0.3 is 9.80 Å². The van der Waals surface area contributed by atoms with E-state index in [1.54, 1.807) is 18.6 Å². The molecule has 7 heteroatoms. The molecule has 3 aliphatic heterocycles. The Labute approximate surface area is 150 Å². The molecule has 130 valence electrons. The summed E-state index contributed by atoms with van der Waals surface area (Å²) in [6.45, 7) is 2.27. The predicted octanol–water partition coefficient (Wildman–Crippen LogP) is 3.01. The minimum Gasteiger partial charge on any atom is -0.353 e. The second kappa shape index (κ2) is 6.59. The minimum atomic E-state index is -0.437. The number of rotatable bonds is 2. The highest BCUT2D eigenvalue weighted by atomic mass is 35.5. The van der Waals surface area contributed by atoms with Crippen molar-refractivity contribution in [2.75, 3.05) is 24.5 Å². The van der Waals surface area contributed by atoms with E-state index < -0.39 is 5.82 Å². The standard InChI is InChI=1S/C18H18ClFN4O/c19-16-7-13(20)2-4-15(16)18(25)24-10-12-1-3-14(24)11-23(9-12)17-8-21-5-6-22-17/h2,4-8,12,14H,1,3,9-11H2/t12-,14+/m0/s1. The van der Waals surface area contributed by atoms with Crippen LogP contribution >= 0.6 is 11.6 Å². The molecule has 4 heterocycles. The van der Waals surface area contributed by atoms with Gasteiger partial charge in [0.05, 0.1) is 16.8 Å². The van der Waals surface area contributed by atoms with Crippen LogP contribution in [0.25, 0.3) is 0 Å². The second-order valence-electron chi connectivity index (χ2n) is 6.65. The van der Waals surface area contributed by atoms with Gasteiger partial charge in [-0.05, 0) is 37.0 Å². The van der Waals surface area contributed by atoms with Crippen molar-refractivity contribution in [1.29, 1.82) is 0 Å². The zero-order chi connectivity index (χ0) is 17.4. The van der Waals surface area contributed by atoms with E-state index in [9.17, 15) is 9.18 Å². The molecular formula is C18H18ClFN4O. The number of halogens is 2. The number of carbonyl (C=O) groups excluding carboxylic acids is 1. The van der Waals surface area contributed by atoms with Gasteiger partial charge in [0, 0.05) is 38.1 Å². The fraction of sp³-hybridized carbons (Fsp3) is 0.389. The minimum absolute atomic E-state index is 0.0920. The number of piperidine rings is 1. The van der Waals surface area contributed by atoms with Crippen LogP contribution in [-0.2, 0) is 0 Å². The molecule has 5 rings (SSSR count). The van der Waals surface area contributed by atoms with Crippen LogP contribution in [0, 0.1) is 11.7 Å². The number of hydrogen-bond donors (Lipinski definition) is 0. The van der Waals surface area contributed by atoms with E-state index in [0.717, 1.165) is 31.7 Å². The molecule has 5 nitrogen and oxygen atoms in total. The number of carbonyl (C=O) groups is 1. The van der Waals surface area contributed by atoms with Crippen molar-refractivity contribution in [2.45, 2.75) is 18.9 Å². The molecule has 2 atom stereocenters. The molecule has 2 aromatic rings. The second-order valence-corrected chi connectivity index (χ2v) is 7.05. The van der Waals surface area contributed by atoms with Crippen molar-refractivity contribution in [2.24, 2.45) is 5.92 Å². The Morgan fingerprint density at radius 3 is 2.84 bits per heavy atom. The molecular weight excluding hydrogens is 343 g/mol. The first kappa shape index (κ1) is 16.3. The average molecular weight is 361 g/mol. The number of hydrogen-bond acceptors (Lipinski definition) is 4. The maximum Gasteiger partial charge on any atom is 0.255 e. The molecule has 0 unspecified atom stereocenters. The Morgan fingerprint density at radius 2 is 2.08 bits per heavy atom. The van der Waals surface area contributed by atoms with E-state index in [-0.39, 0.29) is 17.0 Å². The van der Waals surface area contributed by atoms with E-state index in [1.807, 2.05) is 4.90 Å². The molecule has 0 spiro atoms. The Bertz CT molecular complexity index is 788. The predicted molar refractivity (Wildman–Crippen MR) is 93.2 cm³/mol. The van der Waals surface area contributed by atoms with Crippen LogP contribution in [0.2, 0.25) is 5.02 Å². The van der Waals surface area contributed by atoms with Gasteiger partial charge in [-0.1, -0.05) is 11.6 Å². The third-order valence-electron chi connectivity index (χ3n) is 5.01. The van der Waals surface area contributed by atoms with Crippen LogP contribution in [-0.4, -0.2) is 46.5 Å². The number of anilines is 1. The van der Waals surface area contributed by atoms with Gasteiger partial charge in [-0.25, -0.2) is 9.37 Å². The van der Waals surface area contributed by atoms with E-state index in [1.165, 1.54) is 18.2 Å². The molecule has 1 aromatic carbocycles. The molecule has 0 radical (unpaired) electrons. The van der Waals surface area contributed by atoms with E-state index in [0.29, 0.717) is 18.0 Å². The largest absolute Gasteiger partial charge is 0.353 e. The Balaban J connectivity index is 1.59. The van der Waals surface area contributed by atoms with E-state index in [4.69, 9.17) is 11.6 Å². The molecule has 3 aliphatic rings. The molecule has 3 saturated heterocycles. The first-order chi connectivity index (χ1) is 12.1. The Hall–Kier alpha value is -2.21. The fourth-order valence-corrected chi connectivity index (χ4v) is 4.04. The zero-order valence-electron chi connectivity index (χ0n) is 13.6. The summed E-state index contributed by atoms with van der Waals surface area (Å²) in [5.74, 6) is 0.658. The third-order valence-corrected chi connectivity index (χ3v) is 5.32. The first-order valence-electron chi connectivity index (χ1n) is 8.39. The van der Waals surface area contributed by atoms with Gasteiger partial charge in [-0.15, -0.1) is 0 Å². The smallest absolute Gasteiger partial charge is 0.255 e. The number of aromatic nitrogens is 2. The lowest BCUT2D eigenvalue weighted by atomic mass is 9.94. The van der Waals surface area contributed by atoms with Crippen molar-refractivity contribution in [3.8, 4) is 0 Å². The number of amides is 1. The van der Waals surface area contributed by atoms with Crippen molar-refractivity contribution in [3.05, 3.63) is 53.2 Å². The van der Waals surface area contributed by atoms with Crippen LogP contribution < -0.4 is 4.90 Å². The quantitative estimate of drug-likeness (QED) is 0.826. The van der Waals surface area contributed by atoms with E-state index >= 15 is 0 Å². The summed E-state index contributed by atoms with van der Waals surface area (Å²) in [4.78, 5) is 25.6. The summed E-state index contributed by atoms with van der Waals surface area (Å²) < 4.78 is 13.3. The van der Waals surface area contributed by atoms with Crippen LogP contribution in [0.1, 0.15) is 23.2 Å². The van der Waals surface area contributed by atoms with Crippen LogP contribution in [0.15, 0.2) is 36.8 Å². The lowest BCUT2D eigenvalue weighted by Gasteiger charge is -2.36. The van der Waals surface area contributed by atoms with Crippen molar-refractivity contribution in [1.82, 2.24) is 14.9 Å². The molecule has 2 bridgehead atoms. The summed E-state index contributed by atoms with van der Waals surface area (Å²) in [5.41, 5.74) is 0.363. The summed E-state index contributed by atoms with van der Waals surface area (Å²) >= 11 is 6.09. The van der Waals surface area contributed by atoms with Gasteiger partial charge in [0.2, 0.25) is 0 Å². The highest BCUT2D eigenvalue weighted by Crippen LogP contribution is 2.32. The maximum absolute atomic E-state index is 13.3. The fourth-order valence-electron chi connectivity index (χ4n) is 3.79. The summed E-state index contributed by atoms with van der Waals surface area (Å²) in [6, 6.07) is 4.03. The first-order valence-corrected chi connectivity index (χ1v) is 8.76. The third kappa shape index (κ3) is 3.18. The lowest BCUT2D eigenvalue weighted by molar-refractivity contribution is 0.0592. The average Bonchev–Trinajstić information content (AvgIpc) is 2.94. The number of nitrogens with zero attached hydrogens (tertiary/aromatic N) is 4. The molecule has 0 aliphatic carbocycles. The summed E-state index contributed by atoms with van der Waals surface area (Å²) in [7, 11) is 0. The number of fused-ring (bicyclic) bond motifs is 4. The summed E-state index contributed by atoms with van der Waals surface area (Å²) in [6.07, 6.45) is 7.13. The topological polar surface area (TPSA) is 49.3 Å². The van der Waals surface area contributed by atoms with Crippen LogP contribution in [0.5, 0.6) is 0 Å². The Kier molecular flexibility index (Phi) is 4.29. The van der Waals surface area contributed by atoms with Crippen LogP contribution in [0.4, 0.5) is 10.2 Å². The van der Waals surface area contributed by atoms with Gasteiger partial charge in [0.15, 0.2) is 0 Å². The zero-order valence-corrected chi connectivity index (χ0v) is 14.4. The maximum atomic E-state index is 13.3. The van der Waals surface area contributed by atoms with Crippen molar-refractivity contribution < 1.29 is 9.18 Å². The van der Waals surface area contributed by atoms with E-state index in [2.05, 4.69) is 14.9 Å². The highest BCUT2D eigenvalue weighted by Gasteiger charge is 2.38. The van der Waals surface area contributed by atoms with Gasteiger partial charge in [-0.3, -0.25) is 9.78 Å². The lowest BCUT2D eigenvalue weighted by Crippen LogP contribution is -2.47. The molecule has 1 aromatic heterocycles. The van der Waals surface area contributed by atoms with Gasteiger partial charge in [0.25, 0.3) is 5.91 Å². The monoisotopic (exact) mass is 360 g/mol. The molecule has 3 fully saturated rings. The van der Waals surface area contributed by atoms with Gasteiger partial charge >= 0.3 is 0 Å².